The number of hydrogen-bond donors (Lipinski definition) is 2. The van der Waals surface area contributed by atoms with Crippen molar-refractivity contribution in [1.29, 1.82) is 0 Å². The average Bonchev–Trinajstić information content (AvgIpc) is 2.84. The number of nitrogens with one attached hydrogen (secondary N) is 2. The molecule has 1 aliphatic heterocycles. The van der Waals surface area contributed by atoms with Crippen LogP contribution in [-0.2, 0) is 4.74 Å². The monoisotopic (exact) mass is 500 g/mol. The second-order valence-electron chi connectivity index (χ2n) is 9.39. The predicted octanol–water partition coefficient (Wildman–Crippen LogP) is 4.69. The Morgan fingerprint density at radius 1 is 1.14 bits per heavy atom. The van der Waals surface area contributed by atoms with Crippen LogP contribution in [0.4, 0.5) is 20.6 Å². The van der Waals surface area contributed by atoms with E-state index >= 15 is 0 Å². The highest BCUT2D eigenvalue weighted by Crippen LogP contribution is 2.27. The summed E-state index contributed by atoms with van der Waals surface area (Å²) < 4.78 is 25.4. The van der Waals surface area contributed by atoms with Crippen LogP contribution in [0.25, 0.3) is 0 Å². The molecule has 0 unspecified atom stereocenters. The van der Waals surface area contributed by atoms with Crippen molar-refractivity contribution in [2.45, 2.75) is 39.3 Å². The number of methoxy groups -OCH3 is 1. The molecule has 196 valence electrons. The molecule has 8 nitrogen and oxygen atoms in total. The zero-order valence-corrected chi connectivity index (χ0v) is 21.7. The van der Waals surface area contributed by atoms with Crippen molar-refractivity contribution >= 4 is 23.3 Å². The lowest BCUT2D eigenvalue weighted by atomic mass is 10.0. The van der Waals surface area contributed by atoms with E-state index < -0.39 is 11.8 Å². The van der Waals surface area contributed by atoms with Gasteiger partial charge < -0.3 is 25.0 Å². The Morgan fingerprint density at radius 3 is 2.53 bits per heavy atom. The van der Waals surface area contributed by atoms with Gasteiger partial charge in [0.25, 0.3) is 5.91 Å². The Hall–Kier alpha value is -3.17. The van der Waals surface area contributed by atoms with E-state index in [9.17, 15) is 14.0 Å². The molecule has 3 rings (SSSR count). The summed E-state index contributed by atoms with van der Waals surface area (Å²) in [6, 6.07) is 10.2. The van der Waals surface area contributed by atoms with Crippen LogP contribution in [0, 0.1) is 11.7 Å². The molecule has 0 aliphatic carbocycles. The van der Waals surface area contributed by atoms with Crippen molar-refractivity contribution in [2.24, 2.45) is 5.92 Å². The van der Waals surface area contributed by atoms with Crippen LogP contribution in [-0.4, -0.2) is 74.3 Å². The Labute approximate surface area is 212 Å². The molecular formula is C27H37FN4O4. The van der Waals surface area contributed by atoms with E-state index in [1.54, 1.807) is 43.3 Å². The molecule has 1 heterocycles. The van der Waals surface area contributed by atoms with Crippen molar-refractivity contribution in [3.63, 3.8) is 0 Å². The van der Waals surface area contributed by atoms with Crippen molar-refractivity contribution in [1.82, 2.24) is 9.80 Å². The van der Waals surface area contributed by atoms with E-state index in [0.29, 0.717) is 35.8 Å². The Kier molecular flexibility index (Phi) is 9.66. The SMILES string of the molecule is CCCN1C[C@H](C)[C@@H](OC)CN(C)C(=O)c2ccc(NC(=O)Nc3cccc(F)c3)cc2OC[C@H]1C. The fraction of sp³-hybridized carbons (Fsp3) is 0.481. The molecule has 2 N–H and O–H groups in total. The number of benzene rings is 2. The summed E-state index contributed by atoms with van der Waals surface area (Å²) in [5.41, 5.74) is 1.19. The smallest absolute Gasteiger partial charge is 0.323 e. The summed E-state index contributed by atoms with van der Waals surface area (Å²) in [6.45, 7) is 8.99. The van der Waals surface area contributed by atoms with Crippen molar-refractivity contribution in [2.75, 3.05) is 51.0 Å². The van der Waals surface area contributed by atoms with Gasteiger partial charge in [0.05, 0.1) is 11.7 Å². The standard InChI is InChI=1S/C27H37FN4O4/c1-6-12-32-15-18(2)25(35-5)16-31(4)26(33)23-11-10-22(14-24(23)36-17-19(32)3)30-27(34)29-21-9-7-8-20(28)13-21/h7-11,13-14,18-19,25H,6,12,15-17H2,1-5H3,(H2,29,30,34)/t18-,19+,25-/m0/s1. The van der Waals surface area contributed by atoms with Crippen LogP contribution >= 0.6 is 0 Å². The molecule has 0 fully saturated rings. The van der Waals surface area contributed by atoms with Gasteiger partial charge in [-0.25, -0.2) is 9.18 Å². The number of fused-ring (bicyclic) bond motifs is 1. The van der Waals surface area contributed by atoms with Gasteiger partial charge >= 0.3 is 6.03 Å². The number of carbonyl (C=O) groups excluding carboxylic acids is 2. The number of urea groups is 1. The molecule has 1 aliphatic rings. The van der Waals surface area contributed by atoms with Gasteiger partial charge in [-0.1, -0.05) is 19.9 Å². The first-order chi connectivity index (χ1) is 17.2. The van der Waals surface area contributed by atoms with Gasteiger partial charge in [0, 0.05) is 50.7 Å². The second-order valence-corrected chi connectivity index (χ2v) is 9.39. The molecule has 0 saturated heterocycles. The third-order valence-corrected chi connectivity index (χ3v) is 6.43. The van der Waals surface area contributed by atoms with E-state index in [4.69, 9.17) is 9.47 Å². The summed E-state index contributed by atoms with van der Waals surface area (Å²) in [5, 5.41) is 5.33. The average molecular weight is 501 g/mol. The molecule has 0 saturated carbocycles. The van der Waals surface area contributed by atoms with E-state index in [-0.39, 0.29) is 24.0 Å². The van der Waals surface area contributed by atoms with Crippen LogP contribution in [0.15, 0.2) is 42.5 Å². The normalized spacial score (nSPS) is 21.6. The second kappa shape index (κ2) is 12.7. The predicted molar refractivity (Wildman–Crippen MR) is 139 cm³/mol. The Morgan fingerprint density at radius 2 is 1.86 bits per heavy atom. The molecule has 0 spiro atoms. The fourth-order valence-electron chi connectivity index (χ4n) is 4.38. The molecule has 36 heavy (non-hydrogen) atoms. The zero-order chi connectivity index (χ0) is 26.2. The van der Waals surface area contributed by atoms with Crippen molar-refractivity contribution in [3.8, 4) is 5.75 Å². The number of carbonyl (C=O) groups is 2. The fourth-order valence-corrected chi connectivity index (χ4v) is 4.38. The Bertz CT molecular complexity index is 1050. The molecule has 0 bridgehead atoms. The van der Waals surface area contributed by atoms with Crippen LogP contribution in [0.2, 0.25) is 0 Å². The lowest BCUT2D eigenvalue weighted by Gasteiger charge is -2.35. The third-order valence-electron chi connectivity index (χ3n) is 6.43. The van der Waals surface area contributed by atoms with E-state index in [2.05, 4.69) is 36.3 Å². The summed E-state index contributed by atoms with van der Waals surface area (Å²) in [5.74, 6) is -0.0174. The maximum atomic E-state index is 13.4. The number of amides is 3. The molecule has 0 aromatic heterocycles. The van der Waals surface area contributed by atoms with E-state index in [0.717, 1.165) is 19.5 Å². The van der Waals surface area contributed by atoms with Gasteiger partial charge in [-0.15, -0.1) is 0 Å². The molecule has 9 heteroatoms. The van der Waals surface area contributed by atoms with E-state index in [1.165, 1.54) is 18.2 Å². The molecule has 3 atom stereocenters. The minimum Gasteiger partial charge on any atom is -0.491 e. The van der Waals surface area contributed by atoms with Gasteiger partial charge in [0.1, 0.15) is 18.2 Å². The van der Waals surface area contributed by atoms with Gasteiger partial charge in [-0.05, 0) is 56.1 Å². The van der Waals surface area contributed by atoms with E-state index in [1.807, 2.05) is 0 Å². The molecule has 3 amide bonds. The van der Waals surface area contributed by atoms with Crippen LogP contribution < -0.4 is 15.4 Å². The van der Waals surface area contributed by atoms with Crippen LogP contribution in [0.1, 0.15) is 37.6 Å². The van der Waals surface area contributed by atoms with Gasteiger partial charge in [-0.2, -0.15) is 0 Å². The van der Waals surface area contributed by atoms with Crippen molar-refractivity contribution in [3.05, 3.63) is 53.8 Å². The van der Waals surface area contributed by atoms with Gasteiger partial charge in [0.15, 0.2) is 0 Å². The number of anilines is 2. The quantitative estimate of drug-likeness (QED) is 0.623. The van der Waals surface area contributed by atoms with Crippen LogP contribution in [0.5, 0.6) is 5.75 Å². The summed E-state index contributed by atoms with van der Waals surface area (Å²) in [7, 11) is 3.43. The third kappa shape index (κ3) is 7.18. The van der Waals surface area contributed by atoms with Gasteiger partial charge in [-0.3, -0.25) is 9.69 Å². The highest BCUT2D eigenvalue weighted by Gasteiger charge is 2.28. The number of likely N-dealkylation sites (N-methyl/N-ethyl adjacent to an activating group) is 1. The lowest BCUT2D eigenvalue weighted by molar-refractivity contribution is 0.0108. The minimum atomic E-state index is -0.531. The van der Waals surface area contributed by atoms with Gasteiger partial charge in [0.2, 0.25) is 0 Å². The first-order valence-electron chi connectivity index (χ1n) is 12.3. The maximum Gasteiger partial charge on any atom is 0.323 e. The summed E-state index contributed by atoms with van der Waals surface area (Å²) in [4.78, 5) is 29.8. The number of nitrogens with zero attached hydrogens (tertiary/aromatic N) is 2. The zero-order valence-electron chi connectivity index (χ0n) is 21.7. The first-order valence-corrected chi connectivity index (χ1v) is 12.3. The number of hydrogen-bond acceptors (Lipinski definition) is 5. The highest BCUT2D eigenvalue weighted by molar-refractivity contribution is 6.01. The largest absolute Gasteiger partial charge is 0.491 e. The minimum absolute atomic E-state index is 0.109. The number of ether oxygens (including phenoxy) is 2. The highest BCUT2D eigenvalue weighted by atomic mass is 19.1. The number of rotatable bonds is 5. The maximum absolute atomic E-state index is 13.4. The van der Waals surface area contributed by atoms with Crippen molar-refractivity contribution < 1.29 is 23.5 Å². The summed E-state index contributed by atoms with van der Waals surface area (Å²) >= 11 is 0. The molecule has 2 aromatic carbocycles. The van der Waals surface area contributed by atoms with Crippen LogP contribution in [0.3, 0.4) is 0 Å². The summed E-state index contributed by atoms with van der Waals surface area (Å²) in [6.07, 6.45) is 0.903. The Balaban J connectivity index is 1.85. The lowest BCUT2D eigenvalue weighted by Crippen LogP contribution is -2.46. The number of halogens is 1. The molecular weight excluding hydrogens is 463 g/mol. The first kappa shape index (κ1) is 27.4. The topological polar surface area (TPSA) is 83.1 Å². The molecule has 0 radical (unpaired) electrons. The molecule has 2 aromatic rings.